The molecule has 0 aliphatic carbocycles. The van der Waals surface area contributed by atoms with Crippen LogP contribution in [0.5, 0.6) is 5.75 Å². The van der Waals surface area contributed by atoms with Crippen molar-refractivity contribution in [3.63, 3.8) is 0 Å². The minimum atomic E-state index is -1.10. The molecule has 0 fully saturated rings. The normalized spacial score (nSPS) is 12.7. The van der Waals surface area contributed by atoms with Gasteiger partial charge in [0.2, 0.25) is 5.91 Å². The van der Waals surface area contributed by atoms with Gasteiger partial charge in [-0.15, -0.1) is 0 Å². The molecule has 0 bridgehead atoms. The number of rotatable bonds is 7. The van der Waals surface area contributed by atoms with Gasteiger partial charge in [0.05, 0.1) is 33.7 Å². The predicted molar refractivity (Wildman–Crippen MR) is 99.5 cm³/mol. The van der Waals surface area contributed by atoms with Crippen molar-refractivity contribution in [3.8, 4) is 5.75 Å². The quantitative estimate of drug-likeness (QED) is 0.748. The second kappa shape index (κ2) is 9.02. The van der Waals surface area contributed by atoms with E-state index in [1.165, 1.54) is 14.2 Å². The zero-order valence-corrected chi connectivity index (χ0v) is 15.8. The Kier molecular flexibility index (Phi) is 6.76. The van der Waals surface area contributed by atoms with Crippen LogP contribution in [0.15, 0.2) is 36.4 Å². The monoisotopic (exact) mass is 373 g/mol. The van der Waals surface area contributed by atoms with Gasteiger partial charge in [-0.25, -0.2) is 4.79 Å². The highest BCUT2D eigenvalue weighted by Crippen LogP contribution is 2.25. The summed E-state index contributed by atoms with van der Waals surface area (Å²) in [6, 6.07) is 10.2. The van der Waals surface area contributed by atoms with E-state index in [1.807, 2.05) is 36.4 Å². The Bertz CT molecular complexity index is 847. The fraction of sp³-hybridized carbons (Fsp3) is 0.350. The summed E-state index contributed by atoms with van der Waals surface area (Å²) in [5, 5.41) is 4.52. The first-order valence-electron chi connectivity index (χ1n) is 8.42. The second-order valence-electron chi connectivity index (χ2n) is 6.06. The standard InChI is InChI=1S/C20H23NO6/c1-12(19(23)21-17(20(24)27-4)11-18(22)26-3)13-5-6-15-10-16(25-2)8-7-14(15)9-13/h5-10,12,17H,11H2,1-4H3,(H,21,23). The van der Waals surface area contributed by atoms with Gasteiger partial charge in [-0.05, 0) is 35.4 Å². The number of ether oxygens (including phenoxy) is 3. The molecule has 0 saturated carbocycles. The third-order valence-electron chi connectivity index (χ3n) is 4.37. The minimum Gasteiger partial charge on any atom is -0.497 e. The van der Waals surface area contributed by atoms with E-state index in [1.54, 1.807) is 14.0 Å². The largest absolute Gasteiger partial charge is 0.497 e. The Labute approximate surface area is 157 Å². The topological polar surface area (TPSA) is 90.9 Å². The van der Waals surface area contributed by atoms with Crippen molar-refractivity contribution in [2.75, 3.05) is 21.3 Å². The fourth-order valence-corrected chi connectivity index (χ4v) is 2.67. The Morgan fingerprint density at radius 2 is 1.63 bits per heavy atom. The molecule has 2 rings (SSSR count). The second-order valence-corrected chi connectivity index (χ2v) is 6.06. The molecule has 1 amide bonds. The number of fused-ring (bicyclic) bond motifs is 1. The maximum atomic E-state index is 12.6. The SMILES string of the molecule is COC(=O)CC(NC(=O)C(C)c1ccc2cc(OC)ccc2c1)C(=O)OC. The van der Waals surface area contributed by atoms with Crippen LogP contribution in [-0.2, 0) is 23.9 Å². The molecule has 2 aromatic carbocycles. The molecule has 1 N–H and O–H groups in total. The summed E-state index contributed by atoms with van der Waals surface area (Å²) in [6.07, 6.45) is -0.293. The zero-order chi connectivity index (χ0) is 20.0. The Balaban J connectivity index is 2.18. The van der Waals surface area contributed by atoms with Gasteiger partial charge in [0.25, 0.3) is 0 Å². The highest BCUT2D eigenvalue weighted by Gasteiger charge is 2.27. The van der Waals surface area contributed by atoms with Crippen molar-refractivity contribution in [2.45, 2.75) is 25.3 Å². The molecule has 2 unspecified atom stereocenters. The maximum absolute atomic E-state index is 12.6. The third-order valence-corrected chi connectivity index (χ3v) is 4.37. The van der Waals surface area contributed by atoms with E-state index in [9.17, 15) is 14.4 Å². The van der Waals surface area contributed by atoms with Crippen LogP contribution in [-0.4, -0.2) is 45.2 Å². The molecular weight excluding hydrogens is 350 g/mol. The predicted octanol–water partition coefficient (Wildman–Crippen LogP) is 2.17. The molecule has 0 spiro atoms. The van der Waals surface area contributed by atoms with Crippen LogP contribution in [0.2, 0.25) is 0 Å². The Morgan fingerprint density at radius 3 is 2.26 bits per heavy atom. The number of amides is 1. The van der Waals surface area contributed by atoms with Gasteiger partial charge >= 0.3 is 11.9 Å². The molecule has 0 aliphatic heterocycles. The molecule has 0 heterocycles. The lowest BCUT2D eigenvalue weighted by atomic mass is 9.96. The summed E-state index contributed by atoms with van der Waals surface area (Å²) in [5.74, 6) is -1.47. The molecule has 0 aromatic heterocycles. The van der Waals surface area contributed by atoms with Crippen LogP contribution >= 0.6 is 0 Å². The van der Waals surface area contributed by atoms with E-state index in [4.69, 9.17) is 4.74 Å². The number of nitrogens with one attached hydrogen (secondary N) is 1. The van der Waals surface area contributed by atoms with E-state index in [-0.39, 0.29) is 12.3 Å². The van der Waals surface area contributed by atoms with Gasteiger partial charge in [-0.2, -0.15) is 0 Å². The molecule has 2 atom stereocenters. The number of carbonyl (C=O) groups excluding carboxylic acids is 3. The third kappa shape index (κ3) is 4.97. The van der Waals surface area contributed by atoms with Crippen LogP contribution in [0.25, 0.3) is 10.8 Å². The number of hydrogen-bond donors (Lipinski definition) is 1. The summed E-state index contributed by atoms with van der Waals surface area (Å²) >= 11 is 0. The molecule has 0 saturated heterocycles. The van der Waals surface area contributed by atoms with Crippen molar-refractivity contribution < 1.29 is 28.6 Å². The van der Waals surface area contributed by atoms with E-state index in [0.29, 0.717) is 0 Å². The van der Waals surface area contributed by atoms with Crippen LogP contribution in [0, 0.1) is 0 Å². The lowest BCUT2D eigenvalue weighted by Crippen LogP contribution is -2.44. The maximum Gasteiger partial charge on any atom is 0.328 e. The summed E-state index contributed by atoms with van der Waals surface area (Å²) in [6.45, 7) is 1.73. The van der Waals surface area contributed by atoms with Crippen molar-refractivity contribution in [1.82, 2.24) is 5.32 Å². The fourth-order valence-electron chi connectivity index (χ4n) is 2.67. The Morgan fingerprint density at radius 1 is 0.963 bits per heavy atom. The minimum absolute atomic E-state index is 0.293. The van der Waals surface area contributed by atoms with E-state index < -0.39 is 23.9 Å². The van der Waals surface area contributed by atoms with Gasteiger partial charge < -0.3 is 19.5 Å². The molecule has 144 valence electrons. The summed E-state index contributed by atoms with van der Waals surface area (Å²) in [7, 11) is 4.01. The number of hydrogen-bond acceptors (Lipinski definition) is 6. The number of carbonyl (C=O) groups is 3. The molecule has 27 heavy (non-hydrogen) atoms. The number of benzene rings is 2. The van der Waals surface area contributed by atoms with Gasteiger partial charge in [0, 0.05) is 0 Å². The first-order chi connectivity index (χ1) is 12.9. The van der Waals surface area contributed by atoms with Crippen LogP contribution in [0.1, 0.15) is 24.8 Å². The summed E-state index contributed by atoms with van der Waals surface area (Å²) < 4.78 is 14.4. The molecule has 0 aliphatic rings. The lowest BCUT2D eigenvalue weighted by molar-refractivity contribution is -0.150. The highest BCUT2D eigenvalue weighted by atomic mass is 16.5. The molecule has 0 radical (unpaired) electrons. The summed E-state index contributed by atoms with van der Waals surface area (Å²) in [5.41, 5.74) is 0.784. The van der Waals surface area contributed by atoms with Crippen molar-refractivity contribution >= 4 is 28.6 Å². The Hall–Kier alpha value is -3.09. The van der Waals surface area contributed by atoms with Crippen molar-refractivity contribution in [3.05, 3.63) is 42.0 Å². The average molecular weight is 373 g/mol. The first-order valence-corrected chi connectivity index (χ1v) is 8.42. The van der Waals surface area contributed by atoms with E-state index in [2.05, 4.69) is 14.8 Å². The van der Waals surface area contributed by atoms with Gasteiger partial charge in [-0.3, -0.25) is 9.59 Å². The summed E-state index contributed by atoms with van der Waals surface area (Å²) in [4.78, 5) is 35.9. The molecule has 2 aromatic rings. The van der Waals surface area contributed by atoms with Gasteiger partial charge in [0.1, 0.15) is 11.8 Å². The number of methoxy groups -OCH3 is 3. The van der Waals surface area contributed by atoms with Gasteiger partial charge in [-0.1, -0.05) is 24.3 Å². The van der Waals surface area contributed by atoms with Crippen LogP contribution < -0.4 is 10.1 Å². The average Bonchev–Trinajstić information content (AvgIpc) is 2.70. The molecule has 7 heteroatoms. The lowest BCUT2D eigenvalue weighted by Gasteiger charge is -2.19. The van der Waals surface area contributed by atoms with Crippen LogP contribution in [0.4, 0.5) is 0 Å². The van der Waals surface area contributed by atoms with Crippen molar-refractivity contribution in [1.29, 1.82) is 0 Å². The van der Waals surface area contributed by atoms with E-state index >= 15 is 0 Å². The first kappa shape index (κ1) is 20.2. The molecular formula is C20H23NO6. The number of esters is 2. The smallest absolute Gasteiger partial charge is 0.328 e. The zero-order valence-electron chi connectivity index (χ0n) is 15.8. The van der Waals surface area contributed by atoms with Crippen LogP contribution in [0.3, 0.4) is 0 Å². The van der Waals surface area contributed by atoms with Gasteiger partial charge in [0.15, 0.2) is 0 Å². The molecule has 7 nitrogen and oxygen atoms in total. The van der Waals surface area contributed by atoms with E-state index in [0.717, 1.165) is 22.1 Å². The van der Waals surface area contributed by atoms with Crippen molar-refractivity contribution in [2.24, 2.45) is 0 Å². The highest BCUT2D eigenvalue weighted by molar-refractivity contribution is 5.92.